The second-order valence-electron chi connectivity index (χ2n) is 8.69. The van der Waals surface area contributed by atoms with E-state index in [2.05, 4.69) is 59.7 Å². The van der Waals surface area contributed by atoms with E-state index in [0.717, 1.165) is 12.5 Å². The molecule has 1 aliphatic rings. The summed E-state index contributed by atoms with van der Waals surface area (Å²) in [6.07, 6.45) is 0.604. The first-order valence-electron chi connectivity index (χ1n) is 8.27. The van der Waals surface area contributed by atoms with Gasteiger partial charge in [-0.1, -0.05) is 39.7 Å². The van der Waals surface area contributed by atoms with Crippen LogP contribution in [0.4, 0.5) is 0 Å². The summed E-state index contributed by atoms with van der Waals surface area (Å²) in [6, 6.07) is 1.08. The zero-order valence-electron chi connectivity index (χ0n) is 15.9. The Kier molecular flexibility index (Phi) is 5.45. The Morgan fingerprint density at radius 1 is 1.27 bits per heavy atom. The molecule has 0 aliphatic carbocycles. The van der Waals surface area contributed by atoms with Crippen molar-refractivity contribution in [3.05, 3.63) is 12.2 Å². The van der Waals surface area contributed by atoms with Crippen LogP contribution in [0.15, 0.2) is 12.2 Å². The SMILES string of the molecule is C=C(C)C(=O)OC(CC)C1(C)C[Si](C)(C)[Si](C)(C)[Si](C)(C)O1. The van der Waals surface area contributed by atoms with Crippen LogP contribution in [0.2, 0.25) is 45.3 Å². The molecule has 0 aromatic heterocycles. The topological polar surface area (TPSA) is 35.5 Å². The molecule has 1 saturated heterocycles. The fourth-order valence-corrected chi connectivity index (χ4v) is 34.3. The van der Waals surface area contributed by atoms with Crippen LogP contribution < -0.4 is 0 Å². The lowest BCUT2D eigenvalue weighted by atomic mass is 9.99. The van der Waals surface area contributed by atoms with Gasteiger partial charge in [-0.2, -0.15) is 0 Å². The third-order valence-corrected chi connectivity index (χ3v) is 46.6. The molecule has 1 fully saturated rings. The van der Waals surface area contributed by atoms with E-state index in [1.54, 1.807) is 6.92 Å². The van der Waals surface area contributed by atoms with Crippen molar-refractivity contribution < 1.29 is 14.0 Å². The van der Waals surface area contributed by atoms with Crippen LogP contribution in [-0.4, -0.2) is 40.2 Å². The molecule has 3 nitrogen and oxygen atoms in total. The number of esters is 1. The number of ether oxygens (including phenoxy) is 1. The van der Waals surface area contributed by atoms with Crippen molar-refractivity contribution in [1.29, 1.82) is 0 Å². The molecule has 0 spiro atoms. The molecule has 0 aromatic carbocycles. The fourth-order valence-electron chi connectivity index (χ4n) is 3.71. The minimum absolute atomic E-state index is 0.180. The summed E-state index contributed by atoms with van der Waals surface area (Å²) in [7, 11) is -4.50. The largest absolute Gasteiger partial charge is 0.456 e. The van der Waals surface area contributed by atoms with E-state index in [0.29, 0.717) is 5.57 Å². The minimum atomic E-state index is -1.76. The Morgan fingerprint density at radius 3 is 2.14 bits per heavy atom. The molecule has 1 heterocycles. The fraction of sp³-hybridized carbons (Fsp3) is 0.812. The van der Waals surface area contributed by atoms with Crippen LogP contribution in [0, 0.1) is 0 Å². The molecule has 22 heavy (non-hydrogen) atoms. The Labute approximate surface area is 139 Å². The Morgan fingerprint density at radius 2 is 1.77 bits per heavy atom. The van der Waals surface area contributed by atoms with E-state index in [1.165, 1.54) is 0 Å². The summed E-state index contributed by atoms with van der Waals surface area (Å²) in [5, 5.41) is 0. The summed E-state index contributed by atoms with van der Waals surface area (Å²) in [5.41, 5.74) is 0.119. The predicted molar refractivity (Wildman–Crippen MR) is 102 cm³/mol. The van der Waals surface area contributed by atoms with Gasteiger partial charge in [-0.15, -0.1) is 0 Å². The average molecular weight is 359 g/mol. The molecular formula is C16H34O3Si3. The zero-order valence-corrected chi connectivity index (χ0v) is 18.9. The number of carbonyl (C=O) groups is 1. The van der Waals surface area contributed by atoms with E-state index in [9.17, 15) is 4.79 Å². The molecule has 0 amide bonds. The molecular weight excluding hydrogens is 324 g/mol. The number of rotatable bonds is 4. The standard InChI is InChI=1S/C16H34O3Si3/c1-11-14(18-15(17)13(2)3)16(4)12-20(5,6)22(9,10)21(7,8)19-16/h14H,2,11-12H2,1,3-10H3. The highest BCUT2D eigenvalue weighted by atomic mass is 29.6. The molecule has 0 radical (unpaired) electrons. The van der Waals surface area contributed by atoms with Crippen molar-refractivity contribution in [2.24, 2.45) is 0 Å². The second kappa shape index (κ2) is 6.03. The summed E-state index contributed by atoms with van der Waals surface area (Å²) in [5.74, 6) is -0.294. The normalized spacial score (nSPS) is 30.4. The maximum Gasteiger partial charge on any atom is 0.333 e. The van der Waals surface area contributed by atoms with E-state index in [1.807, 2.05) is 0 Å². The molecule has 0 N–H and O–H groups in total. The van der Waals surface area contributed by atoms with Gasteiger partial charge < -0.3 is 9.16 Å². The maximum absolute atomic E-state index is 12.0. The maximum atomic E-state index is 12.0. The zero-order chi connectivity index (χ0) is 17.6. The van der Waals surface area contributed by atoms with Crippen molar-refractivity contribution in [3.63, 3.8) is 0 Å². The van der Waals surface area contributed by atoms with Gasteiger partial charge in [0.2, 0.25) is 0 Å². The Bertz CT molecular complexity index is 449. The van der Waals surface area contributed by atoms with E-state index < -0.39 is 22.5 Å². The first-order chi connectivity index (χ1) is 9.70. The highest BCUT2D eigenvalue weighted by Gasteiger charge is 2.63. The molecule has 2 unspecified atom stereocenters. The summed E-state index contributed by atoms with van der Waals surface area (Å²) < 4.78 is 12.5. The first-order valence-corrected chi connectivity index (χ1v) is 19.4. The van der Waals surface area contributed by atoms with Crippen LogP contribution in [-0.2, 0) is 14.0 Å². The molecule has 6 heteroatoms. The number of carbonyl (C=O) groups excluding carboxylic acids is 1. The quantitative estimate of drug-likeness (QED) is 0.423. The predicted octanol–water partition coefficient (Wildman–Crippen LogP) is 4.45. The summed E-state index contributed by atoms with van der Waals surface area (Å²) in [6.45, 7) is 24.5. The molecule has 2 atom stereocenters. The van der Waals surface area contributed by atoms with Gasteiger partial charge in [0.1, 0.15) is 6.10 Å². The van der Waals surface area contributed by atoms with Crippen LogP contribution in [0.25, 0.3) is 0 Å². The third-order valence-electron chi connectivity index (χ3n) is 6.13. The first kappa shape index (κ1) is 19.9. The van der Waals surface area contributed by atoms with Gasteiger partial charge in [-0.25, -0.2) is 4.79 Å². The molecule has 1 rings (SSSR count). The van der Waals surface area contributed by atoms with E-state index in [-0.39, 0.29) is 17.7 Å². The molecule has 1 aliphatic heterocycles. The van der Waals surface area contributed by atoms with Crippen molar-refractivity contribution >= 4 is 28.5 Å². The third kappa shape index (κ3) is 3.34. The van der Waals surface area contributed by atoms with Gasteiger partial charge in [0.25, 0.3) is 0 Å². The highest BCUT2D eigenvalue weighted by molar-refractivity contribution is 7.67. The van der Waals surface area contributed by atoms with Crippen molar-refractivity contribution in [3.8, 4) is 0 Å². The van der Waals surface area contributed by atoms with Crippen molar-refractivity contribution in [1.82, 2.24) is 0 Å². The Balaban J connectivity index is 3.16. The van der Waals surface area contributed by atoms with E-state index in [4.69, 9.17) is 9.16 Å². The smallest absolute Gasteiger partial charge is 0.333 e. The van der Waals surface area contributed by atoms with Crippen LogP contribution >= 0.6 is 0 Å². The molecule has 0 bridgehead atoms. The summed E-state index contributed by atoms with van der Waals surface area (Å²) in [4.78, 5) is 12.0. The monoisotopic (exact) mass is 358 g/mol. The van der Waals surface area contributed by atoms with Gasteiger partial charge in [-0.3, -0.25) is 0 Å². The second-order valence-corrected chi connectivity index (χ2v) is 36.0. The number of hydrogen-bond donors (Lipinski definition) is 0. The van der Waals surface area contributed by atoms with Gasteiger partial charge in [-0.05, 0) is 39.4 Å². The van der Waals surface area contributed by atoms with E-state index >= 15 is 0 Å². The van der Waals surface area contributed by atoms with Gasteiger partial charge in [0.05, 0.1) is 12.7 Å². The molecule has 128 valence electrons. The molecule has 0 aromatic rings. The van der Waals surface area contributed by atoms with Gasteiger partial charge in [0.15, 0.2) is 7.83 Å². The van der Waals surface area contributed by atoms with Crippen LogP contribution in [0.1, 0.15) is 27.2 Å². The van der Waals surface area contributed by atoms with Crippen LogP contribution in [0.3, 0.4) is 0 Å². The van der Waals surface area contributed by atoms with Crippen molar-refractivity contribution in [2.75, 3.05) is 0 Å². The Hall–Kier alpha value is -0.179. The van der Waals surface area contributed by atoms with Crippen LogP contribution in [0.5, 0.6) is 0 Å². The molecule has 0 saturated carbocycles. The lowest BCUT2D eigenvalue weighted by Crippen LogP contribution is -2.79. The average Bonchev–Trinajstić information content (AvgIpc) is 2.31. The van der Waals surface area contributed by atoms with Gasteiger partial charge in [0, 0.05) is 13.2 Å². The lowest BCUT2D eigenvalue weighted by Gasteiger charge is -2.59. The van der Waals surface area contributed by atoms with Crippen molar-refractivity contribution in [2.45, 2.75) is 84.2 Å². The highest BCUT2D eigenvalue weighted by Crippen LogP contribution is 2.46. The summed E-state index contributed by atoms with van der Waals surface area (Å²) >= 11 is 0. The number of hydrogen-bond acceptors (Lipinski definition) is 3. The lowest BCUT2D eigenvalue weighted by molar-refractivity contribution is -0.155. The minimum Gasteiger partial charge on any atom is -0.456 e. The van der Waals surface area contributed by atoms with Gasteiger partial charge >= 0.3 is 5.97 Å².